The minimum Gasteiger partial charge on any atom is -0.384 e. The highest BCUT2D eigenvalue weighted by Crippen LogP contribution is 2.24. The zero-order valence-electron chi connectivity index (χ0n) is 11.0. The predicted octanol–water partition coefficient (Wildman–Crippen LogP) is 2.73. The van der Waals surface area contributed by atoms with Crippen LogP contribution in [0.25, 0.3) is 0 Å². The molecule has 2 rings (SSSR count). The van der Waals surface area contributed by atoms with E-state index in [9.17, 15) is 17.9 Å². The van der Waals surface area contributed by atoms with Crippen LogP contribution in [-0.4, -0.2) is 20.1 Å². The lowest BCUT2D eigenvalue weighted by molar-refractivity contribution is 0.0632. The number of benzene rings is 1. The molecule has 0 saturated heterocycles. The first-order chi connectivity index (χ1) is 9.72. The Morgan fingerprint density at radius 3 is 2.71 bits per heavy atom. The van der Waals surface area contributed by atoms with Crippen molar-refractivity contribution in [2.75, 3.05) is 6.54 Å². The van der Waals surface area contributed by atoms with Crippen LogP contribution in [0, 0.1) is 5.82 Å². The molecule has 0 fully saturated rings. The topological polar surface area (TPSA) is 66.4 Å². The van der Waals surface area contributed by atoms with E-state index in [-0.39, 0.29) is 16.5 Å². The standard InChI is InChI=1S/C13H13ClFNO3S2/c1-13(17,9-4-5-20-7-9)8-16-21(18,19)10-2-3-12(15)11(14)6-10/h2-7,16-17H,8H2,1H3. The summed E-state index contributed by atoms with van der Waals surface area (Å²) in [6.07, 6.45) is 0. The zero-order valence-corrected chi connectivity index (χ0v) is 13.4. The van der Waals surface area contributed by atoms with Gasteiger partial charge in [-0.15, -0.1) is 0 Å². The summed E-state index contributed by atoms with van der Waals surface area (Å²) in [6.45, 7) is 1.30. The molecular weight excluding hydrogens is 337 g/mol. The van der Waals surface area contributed by atoms with E-state index in [1.807, 2.05) is 0 Å². The Morgan fingerprint density at radius 2 is 2.14 bits per heavy atom. The lowest BCUT2D eigenvalue weighted by Crippen LogP contribution is -2.38. The molecule has 114 valence electrons. The minimum atomic E-state index is -3.88. The first kappa shape index (κ1) is 16.4. The normalized spacial score (nSPS) is 14.9. The molecule has 0 aliphatic rings. The summed E-state index contributed by atoms with van der Waals surface area (Å²) in [5.74, 6) is -0.694. The van der Waals surface area contributed by atoms with Crippen LogP contribution in [0.4, 0.5) is 4.39 Å². The Labute approximate surface area is 131 Å². The Morgan fingerprint density at radius 1 is 1.43 bits per heavy atom. The maximum absolute atomic E-state index is 13.1. The van der Waals surface area contributed by atoms with Crippen LogP contribution in [0.2, 0.25) is 5.02 Å². The van der Waals surface area contributed by atoms with Crippen LogP contribution < -0.4 is 4.72 Å². The lowest BCUT2D eigenvalue weighted by atomic mass is 10.0. The van der Waals surface area contributed by atoms with Crippen molar-refractivity contribution in [2.45, 2.75) is 17.4 Å². The largest absolute Gasteiger partial charge is 0.384 e. The third kappa shape index (κ3) is 3.81. The second kappa shape index (κ2) is 6.02. The number of hydrogen-bond donors (Lipinski definition) is 2. The number of thiophene rings is 1. The zero-order chi connectivity index (χ0) is 15.7. The van der Waals surface area contributed by atoms with Crippen molar-refractivity contribution in [1.29, 1.82) is 0 Å². The first-order valence-electron chi connectivity index (χ1n) is 5.92. The molecule has 0 bridgehead atoms. The van der Waals surface area contributed by atoms with E-state index in [0.717, 1.165) is 18.2 Å². The predicted molar refractivity (Wildman–Crippen MR) is 80.5 cm³/mol. The van der Waals surface area contributed by atoms with E-state index in [1.54, 1.807) is 16.8 Å². The number of sulfonamides is 1. The van der Waals surface area contributed by atoms with Crippen molar-refractivity contribution < 1.29 is 17.9 Å². The average Bonchev–Trinajstić information content (AvgIpc) is 2.94. The molecule has 8 heteroatoms. The Bertz CT molecular complexity index is 730. The fraction of sp³-hybridized carbons (Fsp3) is 0.231. The van der Waals surface area contributed by atoms with Crippen molar-refractivity contribution >= 4 is 33.0 Å². The fourth-order valence-electron chi connectivity index (χ4n) is 1.64. The third-order valence-electron chi connectivity index (χ3n) is 2.95. The molecule has 1 aromatic carbocycles. The number of halogens is 2. The van der Waals surface area contributed by atoms with Crippen molar-refractivity contribution in [3.8, 4) is 0 Å². The molecule has 0 spiro atoms. The van der Waals surface area contributed by atoms with Gasteiger partial charge in [-0.3, -0.25) is 0 Å². The van der Waals surface area contributed by atoms with Crippen molar-refractivity contribution in [2.24, 2.45) is 0 Å². The average molecular weight is 350 g/mol. The van der Waals surface area contributed by atoms with Gasteiger partial charge in [-0.25, -0.2) is 17.5 Å². The number of rotatable bonds is 5. The van der Waals surface area contributed by atoms with E-state index in [0.29, 0.717) is 5.56 Å². The van der Waals surface area contributed by atoms with E-state index in [1.165, 1.54) is 18.3 Å². The molecule has 21 heavy (non-hydrogen) atoms. The van der Waals surface area contributed by atoms with Crippen LogP contribution in [0.1, 0.15) is 12.5 Å². The summed E-state index contributed by atoms with van der Waals surface area (Å²) >= 11 is 6.98. The second-order valence-corrected chi connectivity index (χ2v) is 7.64. The molecule has 0 aliphatic heterocycles. The molecule has 0 aliphatic carbocycles. The Balaban J connectivity index is 2.16. The molecule has 1 atom stereocenters. The quantitative estimate of drug-likeness (QED) is 0.872. The summed E-state index contributed by atoms with van der Waals surface area (Å²) in [6, 6.07) is 4.84. The van der Waals surface area contributed by atoms with Crippen molar-refractivity contribution in [3.63, 3.8) is 0 Å². The van der Waals surface area contributed by atoms with Gasteiger partial charge in [0.1, 0.15) is 11.4 Å². The van der Waals surface area contributed by atoms with Gasteiger partial charge in [-0.2, -0.15) is 11.3 Å². The number of aliphatic hydroxyl groups is 1. The maximum Gasteiger partial charge on any atom is 0.240 e. The van der Waals surface area contributed by atoms with Crippen molar-refractivity contribution in [1.82, 2.24) is 4.72 Å². The molecule has 0 amide bonds. The van der Waals surface area contributed by atoms with Crippen LogP contribution in [-0.2, 0) is 15.6 Å². The van der Waals surface area contributed by atoms with Gasteiger partial charge in [0.15, 0.2) is 0 Å². The molecule has 0 saturated carbocycles. The van der Waals surface area contributed by atoms with Crippen molar-refractivity contribution in [3.05, 3.63) is 51.4 Å². The highest BCUT2D eigenvalue weighted by molar-refractivity contribution is 7.89. The van der Waals surface area contributed by atoms with E-state index < -0.39 is 21.4 Å². The molecule has 2 N–H and O–H groups in total. The lowest BCUT2D eigenvalue weighted by Gasteiger charge is -2.22. The summed E-state index contributed by atoms with van der Waals surface area (Å²) in [5.41, 5.74) is -0.719. The summed E-state index contributed by atoms with van der Waals surface area (Å²) in [5, 5.41) is 13.5. The Kier molecular flexibility index (Phi) is 4.69. The fourth-order valence-corrected chi connectivity index (χ4v) is 3.82. The summed E-state index contributed by atoms with van der Waals surface area (Å²) in [4.78, 5) is -0.157. The van der Waals surface area contributed by atoms with Gasteiger partial charge in [0, 0.05) is 6.54 Å². The van der Waals surface area contributed by atoms with Gasteiger partial charge in [0.25, 0.3) is 0 Å². The first-order valence-corrected chi connectivity index (χ1v) is 8.72. The minimum absolute atomic E-state index is 0.157. The van der Waals surface area contributed by atoms with Crippen LogP contribution in [0.15, 0.2) is 39.9 Å². The number of nitrogens with one attached hydrogen (secondary N) is 1. The van der Waals surface area contributed by atoms with Crippen LogP contribution in [0.5, 0.6) is 0 Å². The summed E-state index contributed by atoms with van der Waals surface area (Å²) < 4.78 is 39.6. The van der Waals surface area contributed by atoms with E-state index in [2.05, 4.69) is 4.72 Å². The second-order valence-electron chi connectivity index (χ2n) is 4.69. The summed E-state index contributed by atoms with van der Waals surface area (Å²) in [7, 11) is -3.88. The molecule has 1 aromatic heterocycles. The van der Waals surface area contributed by atoms with E-state index in [4.69, 9.17) is 11.6 Å². The van der Waals surface area contributed by atoms with Gasteiger partial charge in [-0.05, 0) is 47.5 Å². The van der Waals surface area contributed by atoms with Gasteiger partial charge in [0.05, 0.1) is 9.92 Å². The van der Waals surface area contributed by atoms with Gasteiger partial charge >= 0.3 is 0 Å². The molecule has 1 unspecified atom stereocenters. The van der Waals surface area contributed by atoms with Gasteiger partial charge in [0.2, 0.25) is 10.0 Å². The molecule has 2 aromatic rings. The smallest absolute Gasteiger partial charge is 0.240 e. The maximum atomic E-state index is 13.1. The van der Waals surface area contributed by atoms with Crippen LogP contribution >= 0.6 is 22.9 Å². The van der Waals surface area contributed by atoms with Gasteiger partial charge < -0.3 is 5.11 Å². The molecular formula is C13H13ClFNO3S2. The molecule has 0 radical (unpaired) electrons. The van der Waals surface area contributed by atoms with E-state index >= 15 is 0 Å². The molecule has 4 nitrogen and oxygen atoms in total. The number of hydrogen-bond acceptors (Lipinski definition) is 4. The van der Waals surface area contributed by atoms with Gasteiger partial charge in [-0.1, -0.05) is 11.6 Å². The SMILES string of the molecule is CC(O)(CNS(=O)(=O)c1ccc(F)c(Cl)c1)c1ccsc1. The highest BCUT2D eigenvalue weighted by atomic mass is 35.5. The third-order valence-corrected chi connectivity index (χ3v) is 5.32. The molecule has 1 heterocycles. The highest BCUT2D eigenvalue weighted by Gasteiger charge is 2.26. The Hall–Kier alpha value is -0.990. The van der Waals surface area contributed by atoms with Crippen LogP contribution in [0.3, 0.4) is 0 Å². The monoisotopic (exact) mass is 349 g/mol.